The second-order valence-electron chi connectivity index (χ2n) is 7.32. The van der Waals surface area contributed by atoms with Gasteiger partial charge in [0.1, 0.15) is 12.4 Å². The summed E-state index contributed by atoms with van der Waals surface area (Å²) in [5.74, 6) is 2.53. The maximum atomic E-state index is 12.9. The van der Waals surface area contributed by atoms with Gasteiger partial charge < -0.3 is 24.3 Å². The molecule has 166 valence electrons. The average Bonchev–Trinajstić information content (AvgIpc) is 3.52. The summed E-state index contributed by atoms with van der Waals surface area (Å²) in [4.78, 5) is 12.9. The SMILES string of the molecule is COc1cc(C(=O)Nc2[nH]ncc2-c2ccc3c(c2)OCO3)ccc1OCc1ccccc1. The Bertz CT molecular complexity index is 1290. The molecule has 0 fully saturated rings. The molecule has 5 rings (SSSR count). The molecular formula is C25H21N3O5. The molecule has 0 saturated carbocycles. The van der Waals surface area contributed by atoms with Gasteiger partial charge in [0.2, 0.25) is 6.79 Å². The number of ether oxygens (including phenoxy) is 4. The summed E-state index contributed by atoms with van der Waals surface area (Å²) in [7, 11) is 1.54. The summed E-state index contributed by atoms with van der Waals surface area (Å²) in [5, 5.41) is 9.80. The Morgan fingerprint density at radius 3 is 2.73 bits per heavy atom. The van der Waals surface area contributed by atoms with E-state index in [0.29, 0.717) is 41.0 Å². The van der Waals surface area contributed by atoms with Crippen LogP contribution in [0.3, 0.4) is 0 Å². The molecule has 2 N–H and O–H groups in total. The molecule has 0 radical (unpaired) electrons. The van der Waals surface area contributed by atoms with Crippen LogP contribution in [0.25, 0.3) is 11.1 Å². The Kier molecular flexibility index (Phi) is 5.55. The molecule has 0 bridgehead atoms. The molecule has 1 aromatic heterocycles. The van der Waals surface area contributed by atoms with Crippen molar-refractivity contribution in [2.45, 2.75) is 6.61 Å². The standard InChI is InChI=1S/C25H21N3O5/c1-30-22-12-18(8-10-20(22)31-14-16-5-3-2-4-6-16)25(29)27-24-19(13-26-28-24)17-7-9-21-23(11-17)33-15-32-21/h2-13H,14-15H2,1H3,(H2,26,27,28,29). The smallest absolute Gasteiger partial charge is 0.256 e. The second-order valence-corrected chi connectivity index (χ2v) is 7.32. The molecule has 2 heterocycles. The van der Waals surface area contributed by atoms with E-state index in [1.54, 1.807) is 31.5 Å². The number of hydrogen-bond acceptors (Lipinski definition) is 6. The first kappa shape index (κ1) is 20.4. The van der Waals surface area contributed by atoms with E-state index >= 15 is 0 Å². The third kappa shape index (κ3) is 4.31. The maximum Gasteiger partial charge on any atom is 0.256 e. The number of hydrogen-bond donors (Lipinski definition) is 2. The van der Waals surface area contributed by atoms with E-state index in [2.05, 4.69) is 15.5 Å². The number of H-pyrrole nitrogens is 1. The number of amides is 1. The van der Waals surface area contributed by atoms with Crippen LogP contribution in [0.5, 0.6) is 23.0 Å². The topological polar surface area (TPSA) is 94.7 Å². The van der Waals surface area contributed by atoms with Gasteiger partial charge in [0, 0.05) is 11.1 Å². The molecule has 0 unspecified atom stereocenters. The lowest BCUT2D eigenvalue weighted by Gasteiger charge is -2.12. The lowest BCUT2D eigenvalue weighted by atomic mass is 10.1. The van der Waals surface area contributed by atoms with Crippen molar-refractivity contribution < 1.29 is 23.7 Å². The Balaban J connectivity index is 1.32. The summed E-state index contributed by atoms with van der Waals surface area (Å²) < 4.78 is 22.1. The van der Waals surface area contributed by atoms with Crippen molar-refractivity contribution in [2.75, 3.05) is 19.2 Å². The number of nitrogens with one attached hydrogen (secondary N) is 2. The number of carbonyl (C=O) groups is 1. The summed E-state index contributed by atoms with van der Waals surface area (Å²) in [6.07, 6.45) is 1.65. The highest BCUT2D eigenvalue weighted by atomic mass is 16.7. The molecule has 33 heavy (non-hydrogen) atoms. The van der Waals surface area contributed by atoms with E-state index in [9.17, 15) is 4.79 Å². The number of aromatic amines is 1. The van der Waals surface area contributed by atoms with Gasteiger partial charge in [-0.1, -0.05) is 36.4 Å². The molecule has 1 aliphatic rings. The molecule has 3 aromatic carbocycles. The summed E-state index contributed by atoms with van der Waals surface area (Å²) >= 11 is 0. The van der Waals surface area contributed by atoms with Crippen molar-refractivity contribution in [1.29, 1.82) is 0 Å². The van der Waals surface area contributed by atoms with Crippen LogP contribution in [0.4, 0.5) is 5.82 Å². The molecule has 4 aromatic rings. The quantitative estimate of drug-likeness (QED) is 0.432. The van der Waals surface area contributed by atoms with Crippen LogP contribution in [-0.4, -0.2) is 30.0 Å². The highest BCUT2D eigenvalue weighted by Crippen LogP contribution is 2.37. The Morgan fingerprint density at radius 1 is 1.03 bits per heavy atom. The summed E-state index contributed by atoms with van der Waals surface area (Å²) in [6.45, 7) is 0.594. The van der Waals surface area contributed by atoms with Gasteiger partial charge in [-0.2, -0.15) is 5.10 Å². The van der Waals surface area contributed by atoms with Crippen molar-refractivity contribution in [3.05, 3.63) is 84.1 Å². The largest absolute Gasteiger partial charge is 0.493 e. The Labute approximate surface area is 190 Å². The summed E-state index contributed by atoms with van der Waals surface area (Å²) in [6, 6.07) is 20.5. The number of benzene rings is 3. The van der Waals surface area contributed by atoms with Gasteiger partial charge in [0.25, 0.3) is 5.91 Å². The first-order valence-electron chi connectivity index (χ1n) is 10.3. The van der Waals surface area contributed by atoms with Gasteiger partial charge in [-0.3, -0.25) is 9.89 Å². The average molecular weight is 443 g/mol. The van der Waals surface area contributed by atoms with E-state index in [1.807, 2.05) is 48.5 Å². The maximum absolute atomic E-state index is 12.9. The molecule has 1 amide bonds. The third-order valence-corrected chi connectivity index (χ3v) is 5.22. The Morgan fingerprint density at radius 2 is 1.88 bits per heavy atom. The van der Waals surface area contributed by atoms with E-state index in [4.69, 9.17) is 18.9 Å². The van der Waals surface area contributed by atoms with Crippen LogP contribution in [0, 0.1) is 0 Å². The van der Waals surface area contributed by atoms with Crippen LogP contribution < -0.4 is 24.3 Å². The molecule has 8 nitrogen and oxygen atoms in total. The fourth-order valence-corrected chi connectivity index (χ4v) is 3.51. The number of methoxy groups -OCH3 is 1. The first-order chi connectivity index (χ1) is 16.2. The number of carbonyl (C=O) groups excluding carboxylic acids is 1. The number of aromatic nitrogens is 2. The molecule has 0 atom stereocenters. The molecule has 0 aliphatic carbocycles. The van der Waals surface area contributed by atoms with Gasteiger partial charge in [0.15, 0.2) is 23.0 Å². The van der Waals surface area contributed by atoms with Crippen molar-refractivity contribution in [3.63, 3.8) is 0 Å². The predicted molar refractivity (Wildman–Crippen MR) is 122 cm³/mol. The molecular weight excluding hydrogens is 422 g/mol. The third-order valence-electron chi connectivity index (χ3n) is 5.22. The molecule has 0 saturated heterocycles. The normalized spacial score (nSPS) is 11.8. The minimum atomic E-state index is -0.311. The zero-order valence-electron chi connectivity index (χ0n) is 17.8. The van der Waals surface area contributed by atoms with Gasteiger partial charge in [-0.25, -0.2) is 0 Å². The van der Waals surface area contributed by atoms with Crippen LogP contribution in [0.2, 0.25) is 0 Å². The highest BCUT2D eigenvalue weighted by Gasteiger charge is 2.18. The van der Waals surface area contributed by atoms with E-state index in [1.165, 1.54) is 0 Å². The molecule has 0 spiro atoms. The second kappa shape index (κ2) is 8.96. The molecule has 8 heteroatoms. The minimum Gasteiger partial charge on any atom is -0.493 e. The van der Waals surface area contributed by atoms with Gasteiger partial charge in [0.05, 0.1) is 13.3 Å². The lowest BCUT2D eigenvalue weighted by molar-refractivity contribution is 0.102. The van der Waals surface area contributed by atoms with Gasteiger partial charge in [-0.05, 0) is 41.5 Å². The lowest BCUT2D eigenvalue weighted by Crippen LogP contribution is -2.13. The predicted octanol–water partition coefficient (Wildman–Crippen LogP) is 4.65. The van der Waals surface area contributed by atoms with Crippen molar-refractivity contribution in [3.8, 4) is 34.1 Å². The van der Waals surface area contributed by atoms with E-state index in [-0.39, 0.29) is 12.7 Å². The van der Waals surface area contributed by atoms with Crippen molar-refractivity contribution >= 4 is 11.7 Å². The monoisotopic (exact) mass is 443 g/mol. The van der Waals surface area contributed by atoms with Gasteiger partial charge in [-0.15, -0.1) is 0 Å². The zero-order chi connectivity index (χ0) is 22.6. The minimum absolute atomic E-state index is 0.195. The van der Waals surface area contributed by atoms with Crippen LogP contribution in [-0.2, 0) is 6.61 Å². The van der Waals surface area contributed by atoms with Crippen LogP contribution >= 0.6 is 0 Å². The number of rotatable bonds is 7. The van der Waals surface area contributed by atoms with Crippen molar-refractivity contribution in [2.24, 2.45) is 0 Å². The Hall–Kier alpha value is -4.46. The van der Waals surface area contributed by atoms with Gasteiger partial charge >= 0.3 is 0 Å². The van der Waals surface area contributed by atoms with E-state index in [0.717, 1.165) is 16.7 Å². The number of fused-ring (bicyclic) bond motifs is 1. The fraction of sp³-hybridized carbons (Fsp3) is 0.120. The van der Waals surface area contributed by atoms with Crippen LogP contribution in [0.15, 0.2) is 72.9 Å². The fourth-order valence-electron chi connectivity index (χ4n) is 3.51. The zero-order valence-corrected chi connectivity index (χ0v) is 17.8. The van der Waals surface area contributed by atoms with Crippen LogP contribution in [0.1, 0.15) is 15.9 Å². The number of nitrogens with zero attached hydrogens (tertiary/aromatic N) is 1. The summed E-state index contributed by atoms with van der Waals surface area (Å²) in [5.41, 5.74) is 3.03. The highest BCUT2D eigenvalue weighted by molar-refractivity contribution is 6.06. The van der Waals surface area contributed by atoms with E-state index < -0.39 is 0 Å². The van der Waals surface area contributed by atoms with Crippen molar-refractivity contribution in [1.82, 2.24) is 10.2 Å². The molecule has 1 aliphatic heterocycles. The number of anilines is 1. The first-order valence-corrected chi connectivity index (χ1v) is 10.3.